The van der Waals surface area contributed by atoms with Gasteiger partial charge >= 0.3 is 0 Å². The molecular weight excluding hydrogens is 359 g/mol. The molecule has 0 amide bonds. The molecule has 0 aliphatic heterocycles. The number of aromatic nitrogens is 1. The van der Waals surface area contributed by atoms with Crippen molar-refractivity contribution in [3.63, 3.8) is 0 Å². The third kappa shape index (κ3) is 3.27. The molecule has 0 atom stereocenters. The molecule has 4 rings (SSSR count). The van der Waals surface area contributed by atoms with Crippen molar-refractivity contribution in [1.29, 1.82) is 0 Å². The van der Waals surface area contributed by atoms with Gasteiger partial charge in [0.15, 0.2) is 11.5 Å². The molecule has 6 heteroatoms. The normalized spacial score (nSPS) is 13.4. The number of nitrogens with one attached hydrogen (secondary N) is 1. The number of anilines is 1. The van der Waals surface area contributed by atoms with Gasteiger partial charge in [0.2, 0.25) is 0 Å². The fourth-order valence-electron chi connectivity index (χ4n) is 3.25. The molecule has 1 aliphatic carbocycles. The van der Waals surface area contributed by atoms with Gasteiger partial charge in [-0.05, 0) is 41.0 Å². The first-order chi connectivity index (χ1) is 13.7. The second-order valence-electron chi connectivity index (χ2n) is 6.36. The largest absolute Gasteiger partial charge is 0.493 e. The zero-order valence-corrected chi connectivity index (χ0v) is 15.9. The first kappa shape index (κ1) is 18.3. The maximum Gasteiger partial charge on any atom is 0.162 e. The van der Waals surface area contributed by atoms with Crippen LogP contribution in [-0.4, -0.2) is 33.0 Å². The van der Waals surface area contributed by atoms with Gasteiger partial charge in [-0.25, -0.2) is 4.39 Å². The van der Waals surface area contributed by atoms with Gasteiger partial charge in [0.05, 0.1) is 31.3 Å². The van der Waals surface area contributed by atoms with Crippen LogP contribution in [0.1, 0.15) is 11.1 Å². The van der Waals surface area contributed by atoms with Crippen molar-refractivity contribution in [2.75, 3.05) is 33.4 Å². The van der Waals surface area contributed by atoms with Gasteiger partial charge in [0, 0.05) is 24.8 Å². The maximum absolute atomic E-state index is 14.3. The van der Waals surface area contributed by atoms with Crippen LogP contribution in [0.5, 0.6) is 11.5 Å². The molecule has 143 valence electrons. The molecule has 0 unspecified atom stereocenters. The van der Waals surface area contributed by atoms with Crippen molar-refractivity contribution in [3.8, 4) is 11.5 Å². The number of nitrogens with zero attached hydrogens (tertiary/aromatic N) is 1. The first-order valence-electron chi connectivity index (χ1n) is 8.79. The molecule has 0 spiro atoms. The third-order valence-corrected chi connectivity index (χ3v) is 4.72. The molecule has 0 saturated heterocycles. The lowest BCUT2D eigenvalue weighted by Gasteiger charge is -2.11. The molecule has 1 radical (unpaired) electrons. The number of hydrogen-bond donors (Lipinski definition) is 1. The summed E-state index contributed by atoms with van der Waals surface area (Å²) in [6.07, 6.45) is 3.81. The molecule has 0 fully saturated rings. The van der Waals surface area contributed by atoms with Gasteiger partial charge in [-0.1, -0.05) is 12.1 Å². The Labute approximate surface area is 162 Å². The highest BCUT2D eigenvalue weighted by molar-refractivity contribution is 6.06. The van der Waals surface area contributed by atoms with Crippen LogP contribution in [-0.2, 0) is 4.74 Å². The number of allylic oxidation sites excluding steroid dienone is 2. The summed E-state index contributed by atoms with van der Waals surface area (Å²) in [6, 6.07) is 10.9. The molecule has 1 heterocycles. The summed E-state index contributed by atoms with van der Waals surface area (Å²) < 4.78 is 30.0. The first-order valence-corrected chi connectivity index (χ1v) is 8.79. The minimum Gasteiger partial charge on any atom is -0.493 e. The highest BCUT2D eigenvalue weighted by Gasteiger charge is 2.31. The van der Waals surface area contributed by atoms with E-state index in [4.69, 9.17) is 14.2 Å². The minimum absolute atomic E-state index is 0.255. The number of ether oxygens (including phenoxy) is 3. The number of halogens is 1. The number of methoxy groups -OCH3 is 3. The molecular formula is C22H20FN2O3. The Morgan fingerprint density at radius 2 is 1.79 bits per heavy atom. The van der Waals surface area contributed by atoms with Gasteiger partial charge in [-0.2, -0.15) is 0 Å². The van der Waals surface area contributed by atoms with Gasteiger partial charge in [0.1, 0.15) is 12.5 Å². The SMILES string of the molecule is COCNc1ccc([C]2C=C2c2ccnc3cc(OC)c(OC)cc23)cc1F. The summed E-state index contributed by atoms with van der Waals surface area (Å²) in [5.41, 5.74) is 4.16. The van der Waals surface area contributed by atoms with Crippen LogP contribution in [0.25, 0.3) is 16.5 Å². The van der Waals surface area contributed by atoms with E-state index in [9.17, 15) is 4.39 Å². The van der Waals surface area contributed by atoms with Crippen molar-refractivity contribution in [2.45, 2.75) is 0 Å². The van der Waals surface area contributed by atoms with Crippen LogP contribution >= 0.6 is 0 Å². The molecule has 5 nitrogen and oxygen atoms in total. The fraction of sp³-hybridized carbons (Fsp3) is 0.182. The topological polar surface area (TPSA) is 52.6 Å². The van der Waals surface area contributed by atoms with Crippen LogP contribution in [0.15, 0.2) is 48.7 Å². The lowest BCUT2D eigenvalue weighted by molar-refractivity contribution is 0.221. The minimum atomic E-state index is -0.312. The monoisotopic (exact) mass is 379 g/mol. The van der Waals surface area contributed by atoms with E-state index in [0.717, 1.165) is 33.5 Å². The Hall–Kier alpha value is -3.12. The molecule has 1 N–H and O–H groups in total. The van der Waals surface area contributed by atoms with E-state index in [2.05, 4.69) is 10.3 Å². The second kappa shape index (κ2) is 7.48. The highest BCUT2D eigenvalue weighted by Crippen LogP contribution is 2.48. The third-order valence-electron chi connectivity index (χ3n) is 4.72. The van der Waals surface area contributed by atoms with Gasteiger partial charge in [-0.15, -0.1) is 0 Å². The molecule has 1 aromatic heterocycles. The Morgan fingerprint density at radius 1 is 1.00 bits per heavy atom. The predicted octanol–water partition coefficient (Wildman–Crippen LogP) is 4.43. The maximum atomic E-state index is 14.3. The molecule has 2 aromatic carbocycles. The lowest BCUT2D eigenvalue weighted by Crippen LogP contribution is -2.05. The average molecular weight is 379 g/mol. The smallest absolute Gasteiger partial charge is 0.162 e. The summed E-state index contributed by atoms with van der Waals surface area (Å²) in [7, 11) is 4.76. The zero-order valence-electron chi connectivity index (χ0n) is 15.9. The van der Waals surface area contributed by atoms with Crippen molar-refractivity contribution < 1.29 is 18.6 Å². The second-order valence-corrected chi connectivity index (χ2v) is 6.36. The summed E-state index contributed by atoms with van der Waals surface area (Å²) in [5.74, 6) is 1.98. The van der Waals surface area contributed by atoms with E-state index < -0.39 is 0 Å². The van der Waals surface area contributed by atoms with Crippen LogP contribution in [0.4, 0.5) is 10.1 Å². The van der Waals surface area contributed by atoms with E-state index >= 15 is 0 Å². The molecule has 3 aromatic rings. The Bertz CT molecular complexity index is 1070. The van der Waals surface area contributed by atoms with Gasteiger partial charge in [-0.3, -0.25) is 4.98 Å². The van der Waals surface area contributed by atoms with E-state index in [1.165, 1.54) is 6.07 Å². The van der Waals surface area contributed by atoms with Crippen LogP contribution < -0.4 is 14.8 Å². The van der Waals surface area contributed by atoms with Gasteiger partial charge in [0.25, 0.3) is 0 Å². The van der Waals surface area contributed by atoms with E-state index in [-0.39, 0.29) is 12.5 Å². The molecule has 0 saturated carbocycles. The van der Waals surface area contributed by atoms with Crippen LogP contribution in [0.3, 0.4) is 0 Å². The van der Waals surface area contributed by atoms with Crippen molar-refractivity contribution >= 4 is 22.2 Å². The number of fused-ring (bicyclic) bond motifs is 1. The van der Waals surface area contributed by atoms with Crippen molar-refractivity contribution in [2.24, 2.45) is 0 Å². The number of pyridine rings is 1. The number of hydrogen-bond acceptors (Lipinski definition) is 5. The van der Waals surface area contributed by atoms with Gasteiger partial charge < -0.3 is 19.5 Å². The van der Waals surface area contributed by atoms with Crippen molar-refractivity contribution in [3.05, 3.63) is 71.5 Å². The highest BCUT2D eigenvalue weighted by atomic mass is 19.1. The summed E-state index contributed by atoms with van der Waals surface area (Å²) in [6.45, 7) is 0.255. The summed E-state index contributed by atoms with van der Waals surface area (Å²) in [5, 5.41) is 3.84. The fourth-order valence-corrected chi connectivity index (χ4v) is 3.25. The predicted molar refractivity (Wildman–Crippen MR) is 107 cm³/mol. The van der Waals surface area contributed by atoms with E-state index in [0.29, 0.717) is 17.2 Å². The average Bonchev–Trinajstić information content (AvgIpc) is 3.52. The van der Waals surface area contributed by atoms with Crippen LogP contribution in [0.2, 0.25) is 0 Å². The Balaban J connectivity index is 1.64. The van der Waals surface area contributed by atoms with Crippen LogP contribution in [0, 0.1) is 11.7 Å². The molecule has 1 aliphatic rings. The molecule has 28 heavy (non-hydrogen) atoms. The Morgan fingerprint density at radius 3 is 2.50 bits per heavy atom. The molecule has 0 bridgehead atoms. The number of benzene rings is 2. The number of rotatable bonds is 7. The quantitative estimate of drug-likeness (QED) is 0.616. The standard InChI is InChI=1S/C22H20FN2O3/c1-26-12-25-19-5-4-13(8-18(19)23)15-9-16(15)14-6-7-24-20-11-22(28-3)21(27-2)10-17(14)20/h4-11,25H,12H2,1-3H3. The summed E-state index contributed by atoms with van der Waals surface area (Å²) >= 11 is 0. The van der Waals surface area contributed by atoms with E-state index in [1.54, 1.807) is 33.6 Å². The van der Waals surface area contributed by atoms with E-state index in [1.807, 2.05) is 30.3 Å². The van der Waals surface area contributed by atoms with Crippen molar-refractivity contribution in [1.82, 2.24) is 4.98 Å². The Kier molecular flexibility index (Phi) is 4.88. The zero-order chi connectivity index (χ0) is 19.7. The lowest BCUT2D eigenvalue weighted by atomic mass is 10.00. The summed E-state index contributed by atoms with van der Waals surface area (Å²) in [4.78, 5) is 4.44.